The molecule has 4 nitrogen and oxygen atoms in total. The van der Waals surface area contributed by atoms with Crippen LogP contribution in [0.4, 0.5) is 13.2 Å². The van der Waals surface area contributed by atoms with E-state index in [1.807, 2.05) is 45.3 Å². The molecule has 1 aromatic carbocycles. The fourth-order valence-corrected chi connectivity index (χ4v) is 2.04. The van der Waals surface area contributed by atoms with E-state index in [0.29, 0.717) is 19.0 Å². The highest BCUT2D eigenvalue weighted by Crippen LogP contribution is 2.18. The molecule has 1 rings (SSSR count). The van der Waals surface area contributed by atoms with Crippen LogP contribution in [0, 0.1) is 0 Å². The molecule has 0 atom stereocenters. The van der Waals surface area contributed by atoms with Crippen LogP contribution in [0.1, 0.15) is 24.5 Å². The summed E-state index contributed by atoms with van der Waals surface area (Å²) in [6.07, 6.45) is -5.04. The van der Waals surface area contributed by atoms with Crippen LogP contribution in [0.3, 0.4) is 0 Å². The number of aliphatic imine (C=N–C) groups is 1. The molecule has 0 saturated carbocycles. The quantitative estimate of drug-likeness (QED) is 0.596. The van der Waals surface area contributed by atoms with Gasteiger partial charge < -0.3 is 15.5 Å². The zero-order chi connectivity index (χ0) is 17.3. The summed E-state index contributed by atoms with van der Waals surface area (Å²) >= 11 is 0. The summed E-state index contributed by atoms with van der Waals surface area (Å²) in [5.41, 5.74) is 2.22. The van der Waals surface area contributed by atoms with Crippen molar-refractivity contribution < 1.29 is 13.2 Å². The average Bonchev–Trinajstić information content (AvgIpc) is 2.44. The van der Waals surface area contributed by atoms with Gasteiger partial charge in [-0.25, -0.2) is 4.99 Å². The Hall–Kier alpha value is -1.76. The summed E-state index contributed by atoms with van der Waals surface area (Å²) in [5.74, 6) is 0.399. The lowest BCUT2D eigenvalue weighted by molar-refractivity contribution is -0.132. The molecule has 0 aromatic heterocycles. The van der Waals surface area contributed by atoms with Crippen molar-refractivity contribution in [1.82, 2.24) is 15.5 Å². The van der Waals surface area contributed by atoms with Gasteiger partial charge in [0.25, 0.3) is 0 Å². The van der Waals surface area contributed by atoms with Crippen LogP contribution in [0.25, 0.3) is 0 Å². The van der Waals surface area contributed by atoms with Crippen LogP contribution in [0.15, 0.2) is 29.3 Å². The first-order valence-corrected chi connectivity index (χ1v) is 7.62. The molecular weight excluding hydrogens is 305 g/mol. The molecule has 23 heavy (non-hydrogen) atoms. The summed E-state index contributed by atoms with van der Waals surface area (Å²) in [6, 6.07) is 7.93. The van der Waals surface area contributed by atoms with Crippen LogP contribution in [0.5, 0.6) is 0 Å². The maximum absolute atomic E-state index is 12.2. The van der Waals surface area contributed by atoms with E-state index in [1.54, 1.807) is 0 Å². The van der Waals surface area contributed by atoms with Gasteiger partial charge in [0.15, 0.2) is 5.96 Å². The SMILES string of the molecule is CCNC(=NCc1ccccc1CN(C)C)NCCC(F)(F)F. The average molecular weight is 330 g/mol. The molecule has 0 fully saturated rings. The molecule has 0 saturated heterocycles. The van der Waals surface area contributed by atoms with Gasteiger partial charge in [-0.15, -0.1) is 0 Å². The lowest BCUT2D eigenvalue weighted by Crippen LogP contribution is -2.38. The molecule has 0 aliphatic rings. The third-order valence-electron chi connectivity index (χ3n) is 3.06. The van der Waals surface area contributed by atoms with Crippen LogP contribution < -0.4 is 10.6 Å². The van der Waals surface area contributed by atoms with E-state index in [-0.39, 0.29) is 6.54 Å². The number of rotatable bonds is 7. The Morgan fingerprint density at radius 1 is 1.13 bits per heavy atom. The van der Waals surface area contributed by atoms with Gasteiger partial charge in [0.1, 0.15) is 0 Å². The highest BCUT2D eigenvalue weighted by molar-refractivity contribution is 5.79. The Kier molecular flexibility index (Phi) is 7.88. The van der Waals surface area contributed by atoms with Gasteiger partial charge in [-0.2, -0.15) is 13.2 Å². The smallest absolute Gasteiger partial charge is 0.357 e. The van der Waals surface area contributed by atoms with Crippen molar-refractivity contribution in [3.63, 3.8) is 0 Å². The highest BCUT2D eigenvalue weighted by atomic mass is 19.4. The molecule has 0 bridgehead atoms. The predicted octanol–water partition coefficient (Wildman–Crippen LogP) is 2.76. The Bertz CT molecular complexity index is 498. The Morgan fingerprint density at radius 2 is 1.78 bits per heavy atom. The summed E-state index contributed by atoms with van der Waals surface area (Å²) in [5, 5.41) is 5.68. The molecule has 2 N–H and O–H groups in total. The first-order valence-electron chi connectivity index (χ1n) is 7.62. The number of alkyl halides is 3. The monoisotopic (exact) mass is 330 g/mol. The van der Waals surface area contributed by atoms with Crippen LogP contribution in [-0.2, 0) is 13.1 Å². The summed E-state index contributed by atoms with van der Waals surface area (Å²) in [4.78, 5) is 6.44. The van der Waals surface area contributed by atoms with E-state index in [1.165, 1.54) is 0 Å². The molecule has 0 heterocycles. The van der Waals surface area contributed by atoms with Gasteiger partial charge in [-0.05, 0) is 32.1 Å². The maximum atomic E-state index is 12.2. The molecule has 7 heteroatoms. The van der Waals surface area contributed by atoms with E-state index >= 15 is 0 Å². The zero-order valence-corrected chi connectivity index (χ0v) is 13.9. The van der Waals surface area contributed by atoms with E-state index in [0.717, 1.165) is 17.7 Å². The second-order valence-corrected chi connectivity index (χ2v) is 5.49. The normalized spacial score (nSPS) is 12.6. The first-order chi connectivity index (χ1) is 10.8. The Morgan fingerprint density at radius 3 is 2.35 bits per heavy atom. The molecule has 0 unspecified atom stereocenters. The molecule has 1 aromatic rings. The highest BCUT2D eigenvalue weighted by Gasteiger charge is 2.26. The van der Waals surface area contributed by atoms with E-state index in [2.05, 4.69) is 20.5 Å². The van der Waals surface area contributed by atoms with Gasteiger partial charge in [0, 0.05) is 19.6 Å². The minimum Gasteiger partial charge on any atom is -0.357 e. The van der Waals surface area contributed by atoms with Gasteiger partial charge in [0.05, 0.1) is 13.0 Å². The first kappa shape index (κ1) is 19.3. The zero-order valence-electron chi connectivity index (χ0n) is 13.9. The molecule has 0 spiro atoms. The second kappa shape index (κ2) is 9.39. The molecular formula is C16H25F3N4. The lowest BCUT2D eigenvalue weighted by Gasteiger charge is -2.15. The van der Waals surface area contributed by atoms with Crippen molar-refractivity contribution in [2.75, 3.05) is 27.2 Å². The van der Waals surface area contributed by atoms with Crippen LogP contribution in [-0.4, -0.2) is 44.2 Å². The molecule has 0 radical (unpaired) electrons. The minimum atomic E-state index is -4.16. The van der Waals surface area contributed by atoms with Gasteiger partial charge in [-0.1, -0.05) is 24.3 Å². The van der Waals surface area contributed by atoms with Crippen molar-refractivity contribution in [3.8, 4) is 0 Å². The minimum absolute atomic E-state index is 0.186. The van der Waals surface area contributed by atoms with Crippen molar-refractivity contribution >= 4 is 5.96 Å². The largest absolute Gasteiger partial charge is 0.390 e. The van der Waals surface area contributed by atoms with Gasteiger partial charge in [-0.3, -0.25) is 0 Å². The molecule has 130 valence electrons. The fraction of sp³-hybridized carbons (Fsp3) is 0.562. The van der Waals surface area contributed by atoms with Gasteiger partial charge in [0.2, 0.25) is 0 Å². The fourth-order valence-electron chi connectivity index (χ4n) is 2.04. The van der Waals surface area contributed by atoms with Crippen LogP contribution >= 0.6 is 0 Å². The third kappa shape index (κ3) is 8.44. The van der Waals surface area contributed by atoms with Crippen molar-refractivity contribution in [2.24, 2.45) is 4.99 Å². The van der Waals surface area contributed by atoms with Crippen LogP contribution in [0.2, 0.25) is 0 Å². The maximum Gasteiger partial charge on any atom is 0.390 e. The molecule has 0 aliphatic heterocycles. The number of halogens is 3. The van der Waals surface area contributed by atoms with Gasteiger partial charge >= 0.3 is 6.18 Å². The predicted molar refractivity (Wildman–Crippen MR) is 87.3 cm³/mol. The van der Waals surface area contributed by atoms with Crippen molar-refractivity contribution in [1.29, 1.82) is 0 Å². The lowest BCUT2D eigenvalue weighted by atomic mass is 10.1. The second-order valence-electron chi connectivity index (χ2n) is 5.49. The molecule has 0 aliphatic carbocycles. The third-order valence-corrected chi connectivity index (χ3v) is 3.06. The number of nitrogens with one attached hydrogen (secondary N) is 2. The number of benzene rings is 1. The number of guanidine groups is 1. The van der Waals surface area contributed by atoms with E-state index in [9.17, 15) is 13.2 Å². The van der Waals surface area contributed by atoms with Crippen molar-refractivity contribution in [2.45, 2.75) is 32.6 Å². The van der Waals surface area contributed by atoms with E-state index in [4.69, 9.17) is 0 Å². The Balaban J connectivity index is 2.70. The standard InChI is InChI=1S/C16H25F3N4/c1-4-20-15(21-10-9-16(17,18)19)22-11-13-7-5-6-8-14(13)12-23(2)3/h5-8H,4,9-12H2,1-3H3,(H2,20,21,22). The number of hydrogen-bond acceptors (Lipinski definition) is 2. The van der Waals surface area contributed by atoms with E-state index < -0.39 is 12.6 Å². The number of nitrogens with zero attached hydrogens (tertiary/aromatic N) is 2. The summed E-state index contributed by atoms with van der Waals surface area (Å²) < 4.78 is 36.6. The summed E-state index contributed by atoms with van der Waals surface area (Å²) in [7, 11) is 3.98. The topological polar surface area (TPSA) is 39.7 Å². The summed E-state index contributed by atoms with van der Waals surface area (Å²) in [6.45, 7) is 3.50. The van der Waals surface area contributed by atoms with Crippen molar-refractivity contribution in [3.05, 3.63) is 35.4 Å². The molecule has 0 amide bonds. The Labute approximate surface area is 135 Å². The number of hydrogen-bond donors (Lipinski definition) is 2.